The molecule has 7 saturated carbocycles. The first-order valence-corrected chi connectivity index (χ1v) is 17.4. The van der Waals surface area contributed by atoms with Crippen LogP contribution in [0.25, 0.3) is 0 Å². The van der Waals surface area contributed by atoms with Gasteiger partial charge < -0.3 is 4.84 Å². The minimum atomic E-state index is -0.855. The second-order valence-corrected chi connectivity index (χ2v) is 18.0. The van der Waals surface area contributed by atoms with E-state index in [0.29, 0.717) is 41.9 Å². The highest BCUT2D eigenvalue weighted by atomic mass is 16.7. The molecule has 0 radical (unpaired) electrons. The summed E-state index contributed by atoms with van der Waals surface area (Å²) in [4.78, 5) is 72.2. The zero-order valence-corrected chi connectivity index (χ0v) is 27.5. The second-order valence-electron chi connectivity index (χ2n) is 18.0. The lowest BCUT2D eigenvalue weighted by atomic mass is 9.30. The van der Waals surface area contributed by atoms with Gasteiger partial charge in [0.05, 0.1) is 5.41 Å². The Hall–Kier alpha value is -2.31. The summed E-state index contributed by atoms with van der Waals surface area (Å²) in [5.74, 6) is 0.231. The molecule has 1 spiro atoms. The number of fused-ring (bicyclic) bond motifs is 6. The smallest absolute Gasteiger partial charge is 0.330 e. The van der Waals surface area contributed by atoms with Crippen LogP contribution < -0.4 is 0 Å². The number of amides is 2. The molecule has 0 aromatic heterocycles. The van der Waals surface area contributed by atoms with Gasteiger partial charge in [0.1, 0.15) is 5.78 Å². The van der Waals surface area contributed by atoms with Gasteiger partial charge in [-0.25, -0.2) is 4.79 Å². The van der Waals surface area contributed by atoms with E-state index in [1.807, 2.05) is 13.0 Å². The third kappa shape index (κ3) is 2.96. The fourth-order valence-corrected chi connectivity index (χ4v) is 13.9. The lowest BCUT2D eigenvalue weighted by Crippen LogP contribution is -2.70. The molecule has 2 bridgehead atoms. The summed E-state index contributed by atoms with van der Waals surface area (Å²) in [5, 5.41) is 0.677. The number of Topliss-reactive ketones (excluding diaryl/α,β-unsaturated/α-hetero) is 1. The molecule has 2 amide bonds. The summed E-state index contributed by atoms with van der Waals surface area (Å²) in [7, 11) is 0. The lowest BCUT2D eigenvalue weighted by Gasteiger charge is -2.73. The zero-order chi connectivity index (χ0) is 31.5. The molecule has 9 atom stereocenters. The maximum atomic E-state index is 14.8. The van der Waals surface area contributed by atoms with E-state index in [2.05, 4.69) is 34.6 Å². The van der Waals surface area contributed by atoms with E-state index >= 15 is 0 Å². The standard InChI is InChI=1S/C37H49NO6/c1-31-11-12-32(2,30(43)44-38-27(41)7-8-28(38)42)20-24(31)23-19-25(39)29-34(4,33(23,3)14-13-31)15-16-37-22-17-21(18-22)36(37,6)26(40)9-10-35(29,37)5/h19,21-22,24,29H,7-18,20H2,1-6H3/t21?,22?,24-,29+,31-,32+,33-,34-,35-,36+,37+/m1/s1. The molecule has 0 aromatic carbocycles. The number of allylic oxidation sites excluding steroid dienone is 2. The van der Waals surface area contributed by atoms with Crippen molar-refractivity contribution in [1.82, 2.24) is 5.06 Å². The highest BCUT2D eigenvalue weighted by molar-refractivity contribution is 6.02. The second kappa shape index (κ2) is 8.34. The van der Waals surface area contributed by atoms with Gasteiger partial charge in [0.25, 0.3) is 11.8 Å². The van der Waals surface area contributed by atoms with Gasteiger partial charge in [0, 0.05) is 30.6 Å². The van der Waals surface area contributed by atoms with Crippen molar-refractivity contribution in [3.63, 3.8) is 0 Å². The van der Waals surface area contributed by atoms with Crippen LogP contribution >= 0.6 is 0 Å². The van der Waals surface area contributed by atoms with Gasteiger partial charge in [-0.05, 0) is 122 Å². The third-order valence-electron chi connectivity index (χ3n) is 16.8. The summed E-state index contributed by atoms with van der Waals surface area (Å²) < 4.78 is 0. The van der Waals surface area contributed by atoms with Gasteiger partial charge in [-0.2, -0.15) is 0 Å². The average Bonchev–Trinajstić information content (AvgIpc) is 3.50. The Balaban J connectivity index is 1.18. The molecule has 1 heterocycles. The first-order chi connectivity index (χ1) is 20.5. The number of hydroxylamine groups is 2. The van der Waals surface area contributed by atoms with Gasteiger partial charge >= 0.3 is 5.97 Å². The van der Waals surface area contributed by atoms with Crippen LogP contribution in [0.3, 0.4) is 0 Å². The summed E-state index contributed by atoms with van der Waals surface area (Å²) in [6, 6.07) is 0. The van der Waals surface area contributed by atoms with Crippen molar-refractivity contribution in [1.29, 1.82) is 0 Å². The van der Waals surface area contributed by atoms with Gasteiger partial charge in [-0.3, -0.25) is 19.2 Å². The number of rotatable bonds is 2. The molecule has 9 rings (SSSR count). The van der Waals surface area contributed by atoms with Crippen LogP contribution in [0.15, 0.2) is 11.6 Å². The number of hydrogen-bond donors (Lipinski definition) is 0. The normalized spacial score (nSPS) is 54.0. The van der Waals surface area contributed by atoms with Crippen LogP contribution in [0.2, 0.25) is 0 Å². The Morgan fingerprint density at radius 1 is 0.773 bits per heavy atom. The topological polar surface area (TPSA) is 97.8 Å². The van der Waals surface area contributed by atoms with Gasteiger partial charge in [0.2, 0.25) is 0 Å². The van der Waals surface area contributed by atoms with E-state index in [1.54, 1.807) is 0 Å². The van der Waals surface area contributed by atoms with Crippen molar-refractivity contribution >= 4 is 29.4 Å². The first-order valence-electron chi connectivity index (χ1n) is 17.4. The van der Waals surface area contributed by atoms with Crippen LogP contribution in [0, 0.1) is 61.6 Å². The Morgan fingerprint density at radius 2 is 1.43 bits per heavy atom. The van der Waals surface area contributed by atoms with Crippen LogP contribution in [0.1, 0.15) is 125 Å². The maximum Gasteiger partial charge on any atom is 0.339 e. The van der Waals surface area contributed by atoms with Crippen LogP contribution in [0.5, 0.6) is 0 Å². The molecule has 0 aromatic rings. The fraction of sp³-hybridized carbons (Fsp3) is 0.811. The SMILES string of the molecule is C[C@]1(C(=O)ON2C(=O)CCC2=O)CC[C@]2(C)CC[C@]3(C)C(=CC(=O)[C@@H]4[C@@]5(C)CCC(=O)[C@]6(C)C7CC(C7)[C@]65CC[C@]43C)[C@H]2C1. The van der Waals surface area contributed by atoms with Crippen molar-refractivity contribution in [2.24, 2.45) is 61.6 Å². The quantitative estimate of drug-likeness (QED) is 0.333. The molecule has 0 N–H and O–H groups in total. The predicted molar refractivity (Wildman–Crippen MR) is 161 cm³/mol. The molecule has 7 nitrogen and oxygen atoms in total. The minimum absolute atomic E-state index is 0.0315. The van der Waals surface area contributed by atoms with Gasteiger partial charge in [-0.1, -0.05) is 40.2 Å². The Kier molecular flexibility index (Phi) is 5.52. The molecular weight excluding hydrogens is 554 g/mol. The number of hydrogen-bond acceptors (Lipinski definition) is 6. The largest absolute Gasteiger partial charge is 0.339 e. The Morgan fingerprint density at radius 3 is 2.11 bits per heavy atom. The van der Waals surface area contributed by atoms with E-state index in [0.717, 1.165) is 51.4 Å². The van der Waals surface area contributed by atoms with Crippen molar-refractivity contribution < 1.29 is 28.8 Å². The van der Waals surface area contributed by atoms with E-state index < -0.39 is 23.2 Å². The molecule has 1 saturated heterocycles. The summed E-state index contributed by atoms with van der Waals surface area (Å²) in [6.45, 7) is 13.7. The summed E-state index contributed by atoms with van der Waals surface area (Å²) in [6.07, 6.45) is 11.9. The monoisotopic (exact) mass is 603 g/mol. The number of imide groups is 1. The first kappa shape index (κ1) is 29.1. The molecule has 0 unspecified atom stereocenters. The molecule has 8 aliphatic carbocycles. The van der Waals surface area contributed by atoms with E-state index in [1.165, 1.54) is 5.57 Å². The van der Waals surface area contributed by atoms with Crippen molar-refractivity contribution in [2.45, 2.75) is 125 Å². The predicted octanol–water partition coefficient (Wildman–Crippen LogP) is 6.53. The maximum absolute atomic E-state index is 14.8. The molecule has 7 heteroatoms. The van der Waals surface area contributed by atoms with Crippen molar-refractivity contribution in [2.75, 3.05) is 0 Å². The number of carbonyl (C=O) groups excluding carboxylic acids is 5. The van der Waals surface area contributed by atoms with Crippen LogP contribution in [-0.2, 0) is 28.8 Å². The average molecular weight is 604 g/mol. The van der Waals surface area contributed by atoms with Crippen molar-refractivity contribution in [3.8, 4) is 0 Å². The van der Waals surface area contributed by atoms with E-state index in [9.17, 15) is 24.0 Å². The lowest BCUT2D eigenvalue weighted by molar-refractivity contribution is -0.223. The van der Waals surface area contributed by atoms with Crippen LogP contribution in [0.4, 0.5) is 0 Å². The molecule has 8 fully saturated rings. The van der Waals surface area contributed by atoms with Gasteiger partial charge in [-0.15, -0.1) is 5.06 Å². The van der Waals surface area contributed by atoms with Crippen LogP contribution in [-0.4, -0.2) is 34.4 Å². The van der Waals surface area contributed by atoms with E-state index in [4.69, 9.17) is 4.84 Å². The molecule has 44 heavy (non-hydrogen) atoms. The Labute approximate surface area is 261 Å². The molecule has 9 aliphatic rings. The summed E-state index contributed by atoms with van der Waals surface area (Å²) >= 11 is 0. The van der Waals surface area contributed by atoms with Gasteiger partial charge in [0.15, 0.2) is 5.78 Å². The minimum Gasteiger partial charge on any atom is -0.330 e. The number of carbonyl (C=O) groups is 5. The summed E-state index contributed by atoms with van der Waals surface area (Å²) in [5.41, 5.74) is -0.681. The molecule has 1 aliphatic heterocycles. The number of ketones is 2. The third-order valence-corrected chi connectivity index (χ3v) is 16.8. The fourth-order valence-electron chi connectivity index (χ4n) is 13.9. The molecule has 238 valence electrons. The highest BCUT2D eigenvalue weighted by Gasteiger charge is 2.83. The van der Waals surface area contributed by atoms with E-state index in [-0.39, 0.29) is 63.0 Å². The van der Waals surface area contributed by atoms with Crippen molar-refractivity contribution in [3.05, 3.63) is 11.6 Å². The Bertz CT molecular complexity index is 1460. The molecular formula is C37H49NO6. The number of nitrogens with zero attached hydrogens (tertiary/aromatic N) is 1. The zero-order valence-electron chi connectivity index (χ0n) is 27.5. The highest BCUT2D eigenvalue weighted by Crippen LogP contribution is 2.86.